The molecule has 0 amide bonds. The summed E-state index contributed by atoms with van der Waals surface area (Å²) in [6, 6.07) is 7.41. The van der Waals surface area contributed by atoms with Crippen LogP contribution in [0.3, 0.4) is 0 Å². The minimum Gasteiger partial charge on any atom is -0.466 e. The van der Waals surface area contributed by atoms with Gasteiger partial charge in [0.1, 0.15) is 0 Å². The molecule has 0 heterocycles. The molecule has 1 unspecified atom stereocenters. The summed E-state index contributed by atoms with van der Waals surface area (Å²) in [4.78, 5) is 11.5. The fourth-order valence-corrected chi connectivity index (χ4v) is 1.54. The molecule has 2 N–H and O–H groups in total. The molecule has 0 aliphatic rings. The van der Waals surface area contributed by atoms with E-state index in [2.05, 4.69) is 11.8 Å². The Kier molecular flexibility index (Phi) is 8.99. The van der Waals surface area contributed by atoms with Crippen LogP contribution in [-0.4, -0.2) is 12.6 Å². The first-order valence-corrected chi connectivity index (χ1v) is 6.60. The van der Waals surface area contributed by atoms with Gasteiger partial charge in [0.05, 0.1) is 18.9 Å². The second-order valence-electron chi connectivity index (χ2n) is 3.62. The number of nitrogen functional groups attached to an aromatic ring is 1. The molecule has 1 rings (SSSR count). The molecule has 0 bridgehead atoms. The van der Waals surface area contributed by atoms with Gasteiger partial charge in [-0.15, -0.1) is 5.92 Å². The van der Waals surface area contributed by atoms with E-state index in [-0.39, 0.29) is 18.3 Å². The van der Waals surface area contributed by atoms with Crippen molar-refractivity contribution in [3.63, 3.8) is 0 Å². The van der Waals surface area contributed by atoms with Gasteiger partial charge < -0.3 is 10.5 Å². The molecule has 104 valence electrons. The van der Waals surface area contributed by atoms with Gasteiger partial charge in [-0.1, -0.05) is 31.9 Å². The number of hydrogen-bond acceptors (Lipinski definition) is 3. The van der Waals surface area contributed by atoms with E-state index in [1.165, 1.54) is 0 Å². The van der Waals surface area contributed by atoms with Gasteiger partial charge in [-0.3, -0.25) is 4.79 Å². The first kappa shape index (κ1) is 17.1. The molecule has 0 aliphatic heterocycles. The van der Waals surface area contributed by atoms with Crippen LogP contribution in [0, 0.1) is 11.8 Å². The first-order valence-electron chi connectivity index (χ1n) is 6.60. The van der Waals surface area contributed by atoms with Gasteiger partial charge >= 0.3 is 5.97 Å². The average Bonchev–Trinajstić information content (AvgIpc) is 2.42. The van der Waals surface area contributed by atoms with Crippen LogP contribution < -0.4 is 5.73 Å². The lowest BCUT2D eigenvalue weighted by molar-refractivity contribution is -0.143. The van der Waals surface area contributed by atoms with E-state index in [1.54, 1.807) is 13.8 Å². The summed E-state index contributed by atoms with van der Waals surface area (Å²) < 4.78 is 4.93. The third-order valence-corrected chi connectivity index (χ3v) is 2.33. The second kappa shape index (κ2) is 10.0. The highest BCUT2D eigenvalue weighted by Gasteiger charge is 2.14. The maximum Gasteiger partial charge on any atom is 0.307 e. The fraction of sp³-hybridized carbons (Fsp3) is 0.438. The molecule has 1 aromatic rings. The monoisotopic (exact) mass is 261 g/mol. The molecule has 0 aliphatic carbocycles. The molecular weight excluding hydrogens is 238 g/mol. The predicted octanol–water partition coefficient (Wildman–Crippen LogP) is 3.36. The summed E-state index contributed by atoms with van der Waals surface area (Å²) in [7, 11) is 0. The zero-order chi connectivity index (χ0) is 14.7. The van der Waals surface area contributed by atoms with Crippen molar-refractivity contribution in [2.45, 2.75) is 40.0 Å². The van der Waals surface area contributed by atoms with E-state index in [1.807, 2.05) is 38.1 Å². The highest BCUT2D eigenvalue weighted by atomic mass is 16.5. The molecule has 3 heteroatoms. The number of anilines is 1. The van der Waals surface area contributed by atoms with E-state index >= 15 is 0 Å². The molecule has 0 aromatic heterocycles. The molecule has 0 saturated carbocycles. The summed E-state index contributed by atoms with van der Waals surface area (Å²) in [5.74, 6) is 5.51. The molecule has 1 aromatic carbocycles. The number of esters is 1. The third-order valence-electron chi connectivity index (χ3n) is 2.33. The maximum absolute atomic E-state index is 11.5. The minimum absolute atomic E-state index is 0.125. The van der Waals surface area contributed by atoms with Crippen molar-refractivity contribution in [2.75, 3.05) is 12.3 Å². The lowest BCUT2D eigenvalue weighted by Gasteiger charge is -2.10. The minimum atomic E-state index is -0.225. The maximum atomic E-state index is 11.5. The second-order valence-corrected chi connectivity index (χ2v) is 3.62. The third kappa shape index (κ3) is 6.52. The molecule has 0 fully saturated rings. The predicted molar refractivity (Wildman–Crippen MR) is 79.6 cm³/mol. The van der Waals surface area contributed by atoms with E-state index in [0.717, 1.165) is 5.56 Å². The van der Waals surface area contributed by atoms with Gasteiger partial charge in [-0.05, 0) is 31.5 Å². The van der Waals surface area contributed by atoms with Crippen molar-refractivity contribution in [1.29, 1.82) is 0 Å². The summed E-state index contributed by atoms with van der Waals surface area (Å²) in [6.07, 6.45) is 0.276. The van der Waals surface area contributed by atoms with Crippen molar-refractivity contribution in [2.24, 2.45) is 0 Å². The molecular formula is C16H23NO2. The largest absolute Gasteiger partial charge is 0.466 e. The zero-order valence-electron chi connectivity index (χ0n) is 12.2. The number of ether oxygens (including phenoxy) is 1. The lowest BCUT2D eigenvalue weighted by atomic mass is 9.96. The summed E-state index contributed by atoms with van der Waals surface area (Å²) >= 11 is 0. The Bertz CT molecular complexity index is 426. The Morgan fingerprint density at radius 3 is 2.37 bits per heavy atom. The van der Waals surface area contributed by atoms with Crippen LogP contribution in [0.2, 0.25) is 0 Å². The van der Waals surface area contributed by atoms with Gasteiger partial charge in [0.2, 0.25) is 0 Å². The van der Waals surface area contributed by atoms with Crippen molar-refractivity contribution in [3.8, 4) is 11.8 Å². The van der Waals surface area contributed by atoms with Crippen molar-refractivity contribution in [1.82, 2.24) is 0 Å². The standard InChI is InChI=1S/C14H17NO2.C2H6/c1-3-5-12(10-14(16)17-4-2)11-6-8-13(15)9-7-11;1-2/h6-9,12H,4,10,15H2,1-2H3;1-2H3. The lowest BCUT2D eigenvalue weighted by Crippen LogP contribution is -2.09. The van der Waals surface area contributed by atoms with Crippen LogP contribution in [0.4, 0.5) is 5.69 Å². The van der Waals surface area contributed by atoms with Crippen LogP contribution in [0.15, 0.2) is 24.3 Å². The van der Waals surface area contributed by atoms with Crippen molar-refractivity contribution < 1.29 is 9.53 Å². The number of carbonyl (C=O) groups excluding carboxylic acids is 1. The quantitative estimate of drug-likeness (QED) is 0.513. The average molecular weight is 261 g/mol. The van der Waals surface area contributed by atoms with E-state index in [4.69, 9.17) is 10.5 Å². The summed E-state index contributed by atoms with van der Waals surface area (Å²) in [6.45, 7) is 7.95. The number of nitrogens with two attached hydrogens (primary N) is 1. The number of carbonyl (C=O) groups is 1. The Balaban J connectivity index is 0.00000154. The fourth-order valence-electron chi connectivity index (χ4n) is 1.54. The van der Waals surface area contributed by atoms with Crippen LogP contribution in [0.5, 0.6) is 0 Å². The van der Waals surface area contributed by atoms with E-state index in [9.17, 15) is 4.79 Å². The van der Waals surface area contributed by atoms with E-state index in [0.29, 0.717) is 12.3 Å². The molecule has 19 heavy (non-hydrogen) atoms. The van der Waals surface area contributed by atoms with Gasteiger partial charge in [0, 0.05) is 5.69 Å². The molecule has 0 saturated heterocycles. The van der Waals surface area contributed by atoms with Gasteiger partial charge in [-0.2, -0.15) is 0 Å². The smallest absolute Gasteiger partial charge is 0.307 e. The van der Waals surface area contributed by atoms with Gasteiger partial charge in [-0.25, -0.2) is 0 Å². The normalized spacial score (nSPS) is 10.3. The number of benzene rings is 1. The first-order chi connectivity index (χ1) is 9.17. The van der Waals surface area contributed by atoms with Crippen molar-refractivity contribution in [3.05, 3.63) is 29.8 Å². The Labute approximate surface area is 116 Å². The summed E-state index contributed by atoms with van der Waals surface area (Å²) in [5.41, 5.74) is 7.31. The highest BCUT2D eigenvalue weighted by Crippen LogP contribution is 2.20. The SMILES string of the molecule is CC.CC#CC(CC(=O)OCC)c1ccc(N)cc1. The molecule has 0 radical (unpaired) electrons. The van der Waals surface area contributed by atoms with Crippen LogP contribution in [0.1, 0.15) is 45.6 Å². The topological polar surface area (TPSA) is 52.3 Å². The number of rotatable bonds is 4. The Morgan fingerprint density at radius 2 is 1.89 bits per heavy atom. The van der Waals surface area contributed by atoms with Crippen LogP contribution in [-0.2, 0) is 9.53 Å². The zero-order valence-corrected chi connectivity index (χ0v) is 12.2. The Morgan fingerprint density at radius 1 is 1.32 bits per heavy atom. The molecule has 1 atom stereocenters. The van der Waals surface area contributed by atoms with Crippen LogP contribution >= 0.6 is 0 Å². The molecule has 3 nitrogen and oxygen atoms in total. The Hall–Kier alpha value is -1.95. The number of hydrogen-bond donors (Lipinski definition) is 1. The van der Waals surface area contributed by atoms with Gasteiger partial charge in [0.25, 0.3) is 0 Å². The molecule has 0 spiro atoms. The van der Waals surface area contributed by atoms with E-state index < -0.39 is 0 Å². The summed E-state index contributed by atoms with van der Waals surface area (Å²) in [5, 5.41) is 0. The van der Waals surface area contributed by atoms with Gasteiger partial charge in [0.15, 0.2) is 0 Å². The van der Waals surface area contributed by atoms with Crippen molar-refractivity contribution >= 4 is 11.7 Å². The van der Waals surface area contributed by atoms with Crippen LogP contribution in [0.25, 0.3) is 0 Å². The highest BCUT2D eigenvalue weighted by molar-refractivity contribution is 5.71.